The number of nitrogens with one attached hydrogen (secondary N) is 1. The molecule has 2 amide bonds. The molecule has 4 aromatic carbocycles. The number of amides is 2. The summed E-state index contributed by atoms with van der Waals surface area (Å²) < 4.78 is 48.3. The van der Waals surface area contributed by atoms with Crippen LogP contribution in [0.15, 0.2) is 108 Å². The molecule has 0 bridgehead atoms. The number of hydrogen-bond donors (Lipinski definition) is 1. The van der Waals surface area contributed by atoms with Crippen LogP contribution in [0.2, 0.25) is 0 Å². The Bertz CT molecular complexity index is 1710. The van der Waals surface area contributed by atoms with Crippen molar-refractivity contribution in [2.24, 2.45) is 5.92 Å². The molecule has 0 spiro atoms. The maximum absolute atomic E-state index is 14.5. The molecule has 1 atom stereocenters. The van der Waals surface area contributed by atoms with Crippen molar-refractivity contribution in [1.29, 1.82) is 0 Å². The molecule has 1 N–H and O–H groups in total. The highest BCUT2D eigenvalue weighted by Gasteiger charge is 2.35. The standard InChI is InChI=1S/C36H40FN3O5S/c1-26(2)23-38-36(42)34(22-28-11-6-5-7-12-28)39(24-29-13-9-8-10-27(29)3)35(41)25-40(31-16-14-30(37)15-17-31)46(43,44)33-20-18-32(45-4)19-21-33/h5-21,26,34H,22-25H2,1-4H3,(H,38,42). The van der Waals surface area contributed by atoms with E-state index >= 15 is 0 Å². The number of nitrogens with zero attached hydrogens (tertiary/aromatic N) is 2. The number of hydrogen-bond acceptors (Lipinski definition) is 5. The molecule has 10 heteroatoms. The average Bonchev–Trinajstić information content (AvgIpc) is 3.05. The van der Waals surface area contributed by atoms with Crippen molar-refractivity contribution in [3.63, 3.8) is 0 Å². The molecule has 0 aliphatic heterocycles. The normalized spacial score (nSPS) is 12.0. The number of ether oxygens (including phenoxy) is 1. The van der Waals surface area contributed by atoms with E-state index in [9.17, 15) is 22.4 Å². The van der Waals surface area contributed by atoms with Crippen LogP contribution in [-0.4, -0.2) is 51.4 Å². The highest BCUT2D eigenvalue weighted by Crippen LogP contribution is 2.27. The van der Waals surface area contributed by atoms with E-state index in [0.717, 1.165) is 33.1 Å². The lowest BCUT2D eigenvalue weighted by Crippen LogP contribution is -2.53. The van der Waals surface area contributed by atoms with Crippen molar-refractivity contribution in [2.75, 3.05) is 24.5 Å². The van der Waals surface area contributed by atoms with Gasteiger partial charge in [0.15, 0.2) is 0 Å². The average molecular weight is 646 g/mol. The Morgan fingerprint density at radius 1 is 0.870 bits per heavy atom. The van der Waals surface area contributed by atoms with Crippen LogP contribution in [0, 0.1) is 18.7 Å². The van der Waals surface area contributed by atoms with Gasteiger partial charge in [0.1, 0.15) is 24.2 Å². The first-order valence-electron chi connectivity index (χ1n) is 15.1. The van der Waals surface area contributed by atoms with Gasteiger partial charge < -0.3 is 15.0 Å². The first-order chi connectivity index (χ1) is 22.0. The van der Waals surface area contributed by atoms with Crippen molar-refractivity contribution in [1.82, 2.24) is 10.2 Å². The lowest BCUT2D eigenvalue weighted by atomic mass is 10.0. The fourth-order valence-electron chi connectivity index (χ4n) is 4.96. The second kappa shape index (κ2) is 15.5. The summed E-state index contributed by atoms with van der Waals surface area (Å²) in [5.41, 5.74) is 2.68. The zero-order valence-electron chi connectivity index (χ0n) is 26.5. The summed E-state index contributed by atoms with van der Waals surface area (Å²) in [4.78, 5) is 29.7. The van der Waals surface area contributed by atoms with Crippen molar-refractivity contribution in [2.45, 2.75) is 44.7 Å². The zero-order chi connectivity index (χ0) is 33.3. The zero-order valence-corrected chi connectivity index (χ0v) is 27.3. The number of halogens is 1. The van der Waals surface area contributed by atoms with Gasteiger partial charge in [-0.3, -0.25) is 13.9 Å². The Balaban J connectivity index is 1.80. The minimum Gasteiger partial charge on any atom is -0.497 e. The minimum absolute atomic E-state index is 0.0674. The Labute approximate surface area is 270 Å². The van der Waals surface area contributed by atoms with Crippen LogP contribution in [0.25, 0.3) is 0 Å². The number of rotatable bonds is 14. The molecule has 1 unspecified atom stereocenters. The molecule has 242 valence electrons. The number of carbonyl (C=O) groups is 2. The van der Waals surface area contributed by atoms with E-state index in [1.165, 1.54) is 48.4 Å². The van der Waals surface area contributed by atoms with Gasteiger partial charge in [-0.2, -0.15) is 0 Å². The molecule has 0 radical (unpaired) electrons. The maximum atomic E-state index is 14.5. The molecule has 8 nitrogen and oxygen atoms in total. The van der Waals surface area contributed by atoms with E-state index in [1.54, 1.807) is 0 Å². The molecule has 0 heterocycles. The largest absolute Gasteiger partial charge is 0.497 e. The second-order valence-electron chi connectivity index (χ2n) is 11.5. The Morgan fingerprint density at radius 2 is 1.50 bits per heavy atom. The van der Waals surface area contributed by atoms with Gasteiger partial charge in [0.2, 0.25) is 11.8 Å². The Morgan fingerprint density at radius 3 is 2.11 bits per heavy atom. The summed E-state index contributed by atoms with van der Waals surface area (Å²) in [6.45, 7) is 5.72. The lowest BCUT2D eigenvalue weighted by molar-refractivity contribution is -0.140. The maximum Gasteiger partial charge on any atom is 0.264 e. The van der Waals surface area contributed by atoms with Gasteiger partial charge in [0.05, 0.1) is 17.7 Å². The number of benzene rings is 4. The quantitative estimate of drug-likeness (QED) is 0.189. The summed E-state index contributed by atoms with van der Waals surface area (Å²) in [7, 11) is -2.85. The first kappa shape index (κ1) is 34.2. The Hall–Kier alpha value is -4.70. The molecular weight excluding hydrogens is 605 g/mol. The monoisotopic (exact) mass is 645 g/mol. The first-order valence-corrected chi connectivity index (χ1v) is 16.5. The number of sulfonamides is 1. The van der Waals surface area contributed by atoms with Gasteiger partial charge in [0.25, 0.3) is 10.0 Å². The summed E-state index contributed by atoms with van der Waals surface area (Å²) >= 11 is 0. The molecule has 0 aliphatic rings. The van der Waals surface area contributed by atoms with E-state index in [1.807, 2.05) is 75.4 Å². The molecular formula is C36H40FN3O5S. The molecule has 0 saturated heterocycles. The third-order valence-electron chi connectivity index (χ3n) is 7.60. The molecule has 4 aromatic rings. The summed E-state index contributed by atoms with van der Waals surface area (Å²) in [6, 6.07) is 26.7. The smallest absolute Gasteiger partial charge is 0.264 e. The van der Waals surface area contributed by atoms with Crippen molar-refractivity contribution in [3.05, 3.63) is 126 Å². The number of anilines is 1. The number of carbonyl (C=O) groups excluding carboxylic acids is 2. The van der Waals surface area contributed by atoms with Crippen LogP contribution >= 0.6 is 0 Å². The van der Waals surface area contributed by atoms with E-state index in [0.29, 0.717) is 12.3 Å². The number of methoxy groups -OCH3 is 1. The predicted octanol–water partition coefficient (Wildman–Crippen LogP) is 5.75. The third kappa shape index (κ3) is 8.72. The van der Waals surface area contributed by atoms with E-state index in [2.05, 4.69) is 5.32 Å². The van der Waals surface area contributed by atoms with Gasteiger partial charge in [-0.05, 0) is 78.1 Å². The van der Waals surface area contributed by atoms with Gasteiger partial charge in [-0.1, -0.05) is 68.4 Å². The lowest BCUT2D eigenvalue weighted by Gasteiger charge is -2.34. The van der Waals surface area contributed by atoms with E-state index in [4.69, 9.17) is 4.74 Å². The van der Waals surface area contributed by atoms with Crippen molar-refractivity contribution >= 4 is 27.5 Å². The van der Waals surface area contributed by atoms with Crippen LogP contribution in [0.3, 0.4) is 0 Å². The van der Waals surface area contributed by atoms with E-state index < -0.39 is 34.3 Å². The summed E-state index contributed by atoms with van der Waals surface area (Å²) in [5.74, 6) is -0.853. The van der Waals surface area contributed by atoms with E-state index in [-0.39, 0.29) is 35.4 Å². The topological polar surface area (TPSA) is 96.0 Å². The van der Waals surface area contributed by atoms with Crippen molar-refractivity contribution < 1.29 is 27.1 Å². The van der Waals surface area contributed by atoms with Crippen molar-refractivity contribution in [3.8, 4) is 5.75 Å². The predicted molar refractivity (Wildman–Crippen MR) is 177 cm³/mol. The van der Waals surface area contributed by atoms with Gasteiger partial charge in [0, 0.05) is 19.5 Å². The SMILES string of the molecule is COc1ccc(S(=O)(=O)N(CC(=O)N(Cc2ccccc2C)C(Cc2ccccc2)C(=O)NCC(C)C)c2ccc(F)cc2)cc1. The molecule has 46 heavy (non-hydrogen) atoms. The van der Waals surface area contributed by atoms with Gasteiger partial charge in [-0.25, -0.2) is 12.8 Å². The minimum atomic E-state index is -4.32. The highest BCUT2D eigenvalue weighted by molar-refractivity contribution is 7.92. The fraction of sp³-hybridized carbons (Fsp3) is 0.278. The van der Waals surface area contributed by atoms with Crippen LogP contribution in [0.1, 0.15) is 30.5 Å². The van der Waals surface area contributed by atoms with Crippen LogP contribution in [0.4, 0.5) is 10.1 Å². The molecule has 0 aromatic heterocycles. The molecule has 0 saturated carbocycles. The van der Waals surface area contributed by atoms with Gasteiger partial charge in [-0.15, -0.1) is 0 Å². The Kier molecular flexibility index (Phi) is 11.5. The van der Waals surface area contributed by atoms with Crippen LogP contribution in [-0.2, 0) is 32.6 Å². The summed E-state index contributed by atoms with van der Waals surface area (Å²) in [5, 5.41) is 2.98. The van der Waals surface area contributed by atoms with Crippen LogP contribution in [0.5, 0.6) is 5.75 Å². The van der Waals surface area contributed by atoms with Crippen LogP contribution < -0.4 is 14.4 Å². The molecule has 0 fully saturated rings. The molecule has 4 rings (SSSR count). The summed E-state index contributed by atoms with van der Waals surface area (Å²) in [6.07, 6.45) is 0.212. The third-order valence-corrected chi connectivity index (χ3v) is 9.39. The fourth-order valence-corrected chi connectivity index (χ4v) is 6.37. The number of aryl methyl sites for hydroxylation is 1. The van der Waals surface area contributed by atoms with Gasteiger partial charge >= 0.3 is 0 Å². The molecule has 0 aliphatic carbocycles. The second-order valence-corrected chi connectivity index (χ2v) is 13.3. The highest BCUT2D eigenvalue weighted by atomic mass is 32.2.